The average molecular weight is 421 g/mol. The highest BCUT2D eigenvalue weighted by Crippen LogP contribution is 2.25. The normalized spacial score (nSPS) is 11.1. The Bertz CT molecular complexity index is 1090. The summed E-state index contributed by atoms with van der Waals surface area (Å²) in [6, 6.07) is 12.5. The molecular formula is C18H14Cl2N4O2S. The molecule has 1 aromatic heterocycles. The van der Waals surface area contributed by atoms with Gasteiger partial charge < -0.3 is 4.74 Å². The number of benzene rings is 2. The summed E-state index contributed by atoms with van der Waals surface area (Å²) in [5.74, 6) is 0.650. The molecule has 0 spiro atoms. The van der Waals surface area contributed by atoms with Crippen molar-refractivity contribution in [1.82, 2.24) is 14.9 Å². The van der Waals surface area contributed by atoms with Gasteiger partial charge in [-0.25, -0.2) is 0 Å². The first kappa shape index (κ1) is 19.3. The Labute approximate surface area is 170 Å². The summed E-state index contributed by atoms with van der Waals surface area (Å²) in [6.45, 7) is 1.84. The molecule has 1 N–H and O–H groups in total. The van der Waals surface area contributed by atoms with Crippen molar-refractivity contribution in [3.8, 4) is 5.75 Å². The maximum atomic E-state index is 12.0. The van der Waals surface area contributed by atoms with E-state index < -0.39 is 0 Å². The van der Waals surface area contributed by atoms with Gasteiger partial charge in [-0.3, -0.25) is 9.89 Å². The molecular weight excluding hydrogens is 407 g/mol. The molecule has 0 saturated carbocycles. The predicted molar refractivity (Wildman–Crippen MR) is 109 cm³/mol. The molecule has 27 heavy (non-hydrogen) atoms. The van der Waals surface area contributed by atoms with Crippen LogP contribution in [0.25, 0.3) is 0 Å². The molecule has 6 nitrogen and oxygen atoms in total. The van der Waals surface area contributed by atoms with Crippen molar-refractivity contribution in [2.45, 2.75) is 13.5 Å². The molecule has 3 rings (SSSR count). The van der Waals surface area contributed by atoms with Gasteiger partial charge in [-0.15, -0.1) is 0 Å². The number of hydrogen-bond donors (Lipinski definition) is 1. The Morgan fingerprint density at radius 3 is 2.56 bits per heavy atom. The van der Waals surface area contributed by atoms with Crippen LogP contribution in [0.4, 0.5) is 0 Å². The lowest BCUT2D eigenvalue weighted by Crippen LogP contribution is -2.22. The molecule has 0 aliphatic heterocycles. The zero-order valence-corrected chi connectivity index (χ0v) is 16.5. The van der Waals surface area contributed by atoms with Crippen molar-refractivity contribution < 1.29 is 4.74 Å². The number of aryl methyl sites for hydroxylation is 1. The quantitative estimate of drug-likeness (QED) is 0.490. The molecule has 0 atom stereocenters. The van der Waals surface area contributed by atoms with E-state index in [9.17, 15) is 4.79 Å². The predicted octanol–water partition coefficient (Wildman–Crippen LogP) is 4.38. The summed E-state index contributed by atoms with van der Waals surface area (Å²) in [6.07, 6.45) is 1.53. The lowest BCUT2D eigenvalue weighted by Gasteiger charge is -2.09. The third-order valence-corrected chi connectivity index (χ3v) is 4.63. The van der Waals surface area contributed by atoms with E-state index in [-0.39, 0.29) is 22.6 Å². The SMILES string of the molecule is Cc1n[nH]c(=S)n(/N=C/c2ccc(OCc3c(Cl)cccc3Cl)cc2)c1=O. The van der Waals surface area contributed by atoms with Gasteiger partial charge in [0, 0.05) is 15.6 Å². The summed E-state index contributed by atoms with van der Waals surface area (Å²) in [5, 5.41) is 11.6. The van der Waals surface area contributed by atoms with Crippen molar-refractivity contribution in [2.75, 3.05) is 0 Å². The highest BCUT2D eigenvalue weighted by Gasteiger charge is 2.06. The van der Waals surface area contributed by atoms with Crippen LogP contribution in [0, 0.1) is 11.7 Å². The standard InChI is InChI=1S/C18H14Cl2N4O2S/c1-11-17(25)24(18(27)23-22-11)21-9-12-5-7-13(8-6-12)26-10-14-15(19)3-2-4-16(14)20/h2-9H,10H2,1H3,(H,23,27)/b21-9+. The highest BCUT2D eigenvalue weighted by molar-refractivity contribution is 7.71. The molecule has 0 fully saturated rings. The van der Waals surface area contributed by atoms with E-state index in [1.54, 1.807) is 49.4 Å². The van der Waals surface area contributed by atoms with Crippen LogP contribution in [0.2, 0.25) is 10.0 Å². The second-order valence-electron chi connectivity index (χ2n) is 5.53. The summed E-state index contributed by atoms with van der Waals surface area (Å²) < 4.78 is 6.94. The van der Waals surface area contributed by atoms with Crippen molar-refractivity contribution in [3.63, 3.8) is 0 Å². The number of aromatic nitrogens is 3. The van der Waals surface area contributed by atoms with Gasteiger partial charge in [0.25, 0.3) is 5.56 Å². The fourth-order valence-corrected chi connectivity index (χ4v) is 2.86. The van der Waals surface area contributed by atoms with Gasteiger partial charge in [-0.1, -0.05) is 29.3 Å². The molecule has 0 radical (unpaired) electrons. The summed E-state index contributed by atoms with van der Waals surface area (Å²) in [7, 11) is 0. The van der Waals surface area contributed by atoms with Crippen molar-refractivity contribution in [3.05, 3.63) is 84.5 Å². The van der Waals surface area contributed by atoms with Crippen molar-refractivity contribution >= 4 is 41.6 Å². The van der Waals surface area contributed by atoms with Gasteiger partial charge in [0.05, 0.1) is 6.21 Å². The first-order valence-corrected chi connectivity index (χ1v) is 9.00. The van der Waals surface area contributed by atoms with E-state index in [2.05, 4.69) is 15.3 Å². The van der Waals surface area contributed by atoms with E-state index in [4.69, 9.17) is 40.2 Å². The number of nitrogens with one attached hydrogen (secondary N) is 1. The molecule has 0 aliphatic carbocycles. The third-order valence-electron chi connectivity index (χ3n) is 3.66. The Balaban J connectivity index is 1.72. The smallest absolute Gasteiger partial charge is 0.296 e. The molecule has 3 aromatic rings. The number of nitrogens with zero attached hydrogens (tertiary/aromatic N) is 3. The van der Waals surface area contributed by atoms with Gasteiger partial charge >= 0.3 is 0 Å². The third kappa shape index (κ3) is 4.63. The minimum absolute atomic E-state index is 0.124. The lowest BCUT2D eigenvalue weighted by molar-refractivity contribution is 0.306. The largest absolute Gasteiger partial charge is 0.489 e. The zero-order chi connectivity index (χ0) is 19.4. The molecule has 0 unspecified atom stereocenters. The van der Waals surface area contributed by atoms with Crippen LogP contribution < -0.4 is 10.3 Å². The number of rotatable bonds is 5. The first-order valence-electron chi connectivity index (χ1n) is 7.84. The number of halogens is 2. The van der Waals surface area contributed by atoms with Crippen molar-refractivity contribution in [2.24, 2.45) is 5.10 Å². The molecule has 9 heteroatoms. The van der Waals surface area contributed by atoms with E-state index in [1.807, 2.05) is 0 Å². The molecule has 1 heterocycles. The van der Waals surface area contributed by atoms with E-state index in [1.165, 1.54) is 6.21 Å². The van der Waals surface area contributed by atoms with Crippen molar-refractivity contribution in [1.29, 1.82) is 0 Å². The monoisotopic (exact) mass is 420 g/mol. The van der Waals surface area contributed by atoms with Crippen LogP contribution in [0.1, 0.15) is 16.8 Å². The van der Waals surface area contributed by atoms with Gasteiger partial charge in [-0.05, 0) is 61.1 Å². The molecule has 0 bridgehead atoms. The Morgan fingerprint density at radius 2 is 1.89 bits per heavy atom. The van der Waals surface area contributed by atoms with Crippen LogP contribution in [0.5, 0.6) is 5.75 Å². The van der Waals surface area contributed by atoms with Crippen LogP contribution in [-0.2, 0) is 6.61 Å². The average Bonchev–Trinajstić information content (AvgIpc) is 2.65. The molecule has 2 aromatic carbocycles. The van der Waals surface area contributed by atoms with Gasteiger partial charge in [0.1, 0.15) is 18.1 Å². The minimum Gasteiger partial charge on any atom is -0.489 e. The van der Waals surface area contributed by atoms with Crippen LogP contribution in [0.15, 0.2) is 52.4 Å². The molecule has 0 aliphatic rings. The first-order chi connectivity index (χ1) is 13.0. The second-order valence-corrected chi connectivity index (χ2v) is 6.73. The second kappa shape index (κ2) is 8.47. The molecule has 0 amide bonds. The maximum Gasteiger partial charge on any atom is 0.296 e. The Morgan fingerprint density at radius 1 is 1.22 bits per heavy atom. The van der Waals surface area contributed by atoms with E-state index in [0.717, 1.165) is 15.8 Å². The minimum atomic E-state index is -0.369. The number of H-pyrrole nitrogens is 1. The number of hydrogen-bond acceptors (Lipinski definition) is 5. The number of aromatic amines is 1. The van der Waals surface area contributed by atoms with Crippen LogP contribution in [-0.4, -0.2) is 21.1 Å². The van der Waals surface area contributed by atoms with E-state index in [0.29, 0.717) is 15.8 Å². The summed E-state index contributed by atoms with van der Waals surface area (Å²) in [5.41, 5.74) is 1.41. The molecule has 138 valence electrons. The maximum absolute atomic E-state index is 12.0. The fraction of sp³-hybridized carbons (Fsp3) is 0.111. The Kier molecular flexibility index (Phi) is 6.05. The molecule has 0 saturated heterocycles. The van der Waals surface area contributed by atoms with Gasteiger partial charge in [-0.2, -0.15) is 14.9 Å². The fourth-order valence-electron chi connectivity index (χ4n) is 2.18. The Hall–Kier alpha value is -2.48. The lowest BCUT2D eigenvalue weighted by atomic mass is 10.2. The van der Waals surface area contributed by atoms with Crippen LogP contribution >= 0.6 is 35.4 Å². The van der Waals surface area contributed by atoms with E-state index >= 15 is 0 Å². The highest BCUT2D eigenvalue weighted by atomic mass is 35.5. The van der Waals surface area contributed by atoms with Crippen LogP contribution in [0.3, 0.4) is 0 Å². The van der Waals surface area contributed by atoms with Gasteiger partial charge in [0.2, 0.25) is 4.77 Å². The summed E-state index contributed by atoms with van der Waals surface area (Å²) in [4.78, 5) is 12.0. The van der Waals surface area contributed by atoms with Gasteiger partial charge in [0.15, 0.2) is 0 Å². The topological polar surface area (TPSA) is 72.3 Å². The number of ether oxygens (including phenoxy) is 1. The summed E-state index contributed by atoms with van der Waals surface area (Å²) >= 11 is 17.3. The zero-order valence-electron chi connectivity index (χ0n) is 14.1.